The van der Waals surface area contributed by atoms with Crippen LogP contribution in [-0.4, -0.2) is 65.6 Å². The van der Waals surface area contributed by atoms with E-state index in [1.54, 1.807) is 42.0 Å². The minimum absolute atomic E-state index is 0. The van der Waals surface area contributed by atoms with Crippen LogP contribution in [0.4, 0.5) is 0 Å². The van der Waals surface area contributed by atoms with Crippen molar-refractivity contribution in [3.63, 3.8) is 0 Å². The van der Waals surface area contributed by atoms with Crippen molar-refractivity contribution in [2.75, 3.05) is 6.54 Å². The summed E-state index contributed by atoms with van der Waals surface area (Å²) in [4.78, 5) is 87.7. The molecule has 2 N–H and O–H groups in total. The number of pyridine rings is 3. The van der Waals surface area contributed by atoms with Gasteiger partial charge in [-0.2, -0.15) is 0 Å². The van der Waals surface area contributed by atoms with Crippen LogP contribution in [0.15, 0.2) is 157 Å². The summed E-state index contributed by atoms with van der Waals surface area (Å²) in [5, 5.41) is 19.4. The molecule has 1 aliphatic heterocycles. The summed E-state index contributed by atoms with van der Waals surface area (Å²) in [7, 11) is 0. The highest BCUT2D eigenvalue weighted by atomic mass is 16.4. The second kappa shape index (κ2) is 26.9. The molecular formula is C64H72N4O8. The molecule has 12 nitrogen and oxygen atoms in total. The quantitative estimate of drug-likeness (QED) is 0.0841. The van der Waals surface area contributed by atoms with Crippen LogP contribution < -0.4 is 5.56 Å². The third-order valence-corrected chi connectivity index (χ3v) is 13.9. The summed E-state index contributed by atoms with van der Waals surface area (Å²) in [5.41, 5.74) is 11.7. The highest BCUT2D eigenvalue weighted by molar-refractivity contribution is 5.91. The summed E-state index contributed by atoms with van der Waals surface area (Å²) in [6, 6.07) is 36.0. The minimum Gasteiger partial charge on any atom is -0.481 e. The molecule has 0 radical (unpaired) electrons. The van der Waals surface area contributed by atoms with E-state index in [1.165, 1.54) is 10.6 Å². The number of ketones is 2. The summed E-state index contributed by atoms with van der Waals surface area (Å²) in [6.45, 7) is 12.6. The Morgan fingerprint density at radius 2 is 0.987 bits per heavy atom. The van der Waals surface area contributed by atoms with E-state index in [9.17, 15) is 39.0 Å². The Morgan fingerprint density at radius 3 is 1.43 bits per heavy atom. The number of carboxylic acid groups (broad SMARTS) is 2. The molecular weight excluding hydrogens is 953 g/mol. The minimum atomic E-state index is -1.00. The van der Waals surface area contributed by atoms with E-state index in [2.05, 4.69) is 16.9 Å². The van der Waals surface area contributed by atoms with Crippen LogP contribution in [0.5, 0.6) is 0 Å². The Bertz CT molecular complexity index is 3170. The van der Waals surface area contributed by atoms with Crippen LogP contribution in [0, 0.1) is 40.5 Å². The number of piperidine rings is 1. The fourth-order valence-corrected chi connectivity index (χ4v) is 10.3. The average molecular weight is 1030 g/mol. The largest absolute Gasteiger partial charge is 0.481 e. The highest BCUT2D eigenvalue weighted by Gasteiger charge is 2.36. The molecule has 4 heterocycles. The van der Waals surface area contributed by atoms with Gasteiger partial charge in [0.2, 0.25) is 5.91 Å². The van der Waals surface area contributed by atoms with Crippen LogP contribution in [-0.2, 0) is 24.0 Å². The van der Waals surface area contributed by atoms with E-state index in [4.69, 9.17) is 0 Å². The molecule has 0 spiro atoms. The van der Waals surface area contributed by atoms with Gasteiger partial charge in [-0.25, -0.2) is 0 Å². The number of nitrogens with zero attached hydrogens (tertiary/aromatic N) is 4. The van der Waals surface area contributed by atoms with E-state index >= 15 is 0 Å². The zero-order valence-electron chi connectivity index (χ0n) is 42.9. The fraction of sp³-hybridized carbons (Fsp3) is 0.312. The molecule has 7 aromatic rings. The van der Waals surface area contributed by atoms with Crippen LogP contribution in [0.1, 0.15) is 134 Å². The van der Waals surface area contributed by atoms with Gasteiger partial charge in [0.15, 0.2) is 11.6 Å². The maximum absolute atomic E-state index is 13.9. The molecule has 1 amide bonds. The lowest BCUT2D eigenvalue weighted by Crippen LogP contribution is -2.44. The molecule has 4 aromatic carbocycles. The lowest BCUT2D eigenvalue weighted by atomic mass is 9.85. The molecule has 0 aliphatic carbocycles. The number of hydrogen-bond acceptors (Lipinski definition) is 8. The van der Waals surface area contributed by atoms with E-state index in [-0.39, 0.29) is 63.6 Å². The second-order valence-electron chi connectivity index (χ2n) is 19.7. The number of rotatable bonds is 18. The summed E-state index contributed by atoms with van der Waals surface area (Å²) in [6.07, 6.45) is 9.25. The first-order valence-electron chi connectivity index (χ1n) is 25.1. The third kappa shape index (κ3) is 14.6. The van der Waals surface area contributed by atoms with Gasteiger partial charge in [-0.3, -0.25) is 38.7 Å². The van der Waals surface area contributed by atoms with Gasteiger partial charge >= 0.3 is 11.9 Å². The predicted octanol–water partition coefficient (Wildman–Crippen LogP) is 12.8. The molecule has 0 bridgehead atoms. The number of aliphatic carboxylic acids is 2. The molecule has 1 aliphatic rings. The molecule has 8 rings (SSSR count). The van der Waals surface area contributed by atoms with Crippen molar-refractivity contribution in [1.82, 2.24) is 19.4 Å². The molecule has 1 fully saturated rings. The van der Waals surface area contributed by atoms with Crippen molar-refractivity contribution in [3.8, 4) is 22.3 Å². The van der Waals surface area contributed by atoms with Crippen LogP contribution in [0.25, 0.3) is 22.3 Å². The lowest BCUT2D eigenvalue weighted by molar-refractivity contribution is -0.144. The average Bonchev–Trinajstić information content (AvgIpc) is 3.36. The molecule has 1 unspecified atom stereocenters. The maximum atomic E-state index is 13.9. The van der Waals surface area contributed by atoms with Crippen LogP contribution in [0.2, 0.25) is 0 Å². The zero-order valence-corrected chi connectivity index (χ0v) is 42.9. The number of amides is 1. The van der Waals surface area contributed by atoms with Gasteiger partial charge in [-0.1, -0.05) is 125 Å². The lowest BCUT2D eigenvalue weighted by Gasteiger charge is -2.37. The van der Waals surface area contributed by atoms with Crippen molar-refractivity contribution < 1.29 is 34.2 Å². The first kappa shape index (κ1) is 58.8. The van der Waals surface area contributed by atoms with Gasteiger partial charge in [0.1, 0.15) is 12.1 Å². The Morgan fingerprint density at radius 1 is 0.553 bits per heavy atom. The zero-order chi connectivity index (χ0) is 53.1. The number of Topliss-reactive ketones (excluding diaryl/α,β-unsaturated/α-hetero) is 2. The van der Waals surface area contributed by atoms with Gasteiger partial charge in [0.25, 0.3) is 5.56 Å². The highest BCUT2D eigenvalue weighted by Crippen LogP contribution is 2.37. The van der Waals surface area contributed by atoms with Crippen molar-refractivity contribution in [2.45, 2.75) is 119 Å². The van der Waals surface area contributed by atoms with E-state index in [0.717, 1.165) is 62.1 Å². The fourth-order valence-electron chi connectivity index (χ4n) is 10.3. The summed E-state index contributed by atoms with van der Waals surface area (Å²) in [5.74, 6) is -3.27. The van der Waals surface area contributed by atoms with E-state index in [0.29, 0.717) is 35.6 Å². The van der Waals surface area contributed by atoms with Gasteiger partial charge < -0.3 is 19.7 Å². The van der Waals surface area contributed by atoms with Crippen molar-refractivity contribution in [3.05, 3.63) is 213 Å². The number of aromatic nitrogens is 3. The monoisotopic (exact) mass is 1020 g/mol. The Kier molecular flexibility index (Phi) is 20.8. The molecule has 0 saturated carbocycles. The Balaban J connectivity index is 0.000000274. The first-order chi connectivity index (χ1) is 35.5. The topological polar surface area (TPSA) is 177 Å². The van der Waals surface area contributed by atoms with Gasteiger partial charge in [0, 0.05) is 85.8 Å². The number of likely N-dealkylation sites (tertiary alicyclic amines) is 1. The SMILES string of the molecule is C.C.Cc1ccc(=O)n([C@@H](C(=O)C[C@@H](CC(=O)O)c2cncc(-c3c(C)cccc3C)c2)c2ccccc2)c1.Cc1cccc(C)c1-c1cncc([C@H](CC(=O)O)CC(=O)[C@@H](c2ccccc2)N2CC(C)CCC2=O)c1. The summed E-state index contributed by atoms with van der Waals surface area (Å²) < 4.78 is 1.44. The van der Waals surface area contributed by atoms with Gasteiger partial charge in [0.05, 0.1) is 12.8 Å². The molecule has 76 heavy (non-hydrogen) atoms. The molecule has 396 valence electrons. The molecule has 1 saturated heterocycles. The molecule has 3 aromatic heterocycles. The Labute approximate surface area is 447 Å². The molecule has 5 atom stereocenters. The van der Waals surface area contributed by atoms with E-state index < -0.39 is 35.9 Å². The van der Waals surface area contributed by atoms with Crippen LogP contribution in [0.3, 0.4) is 0 Å². The molecule has 12 heteroatoms. The number of hydrogen-bond donors (Lipinski definition) is 2. The van der Waals surface area contributed by atoms with E-state index in [1.807, 2.05) is 144 Å². The second-order valence-corrected chi connectivity index (χ2v) is 19.7. The number of benzene rings is 4. The van der Waals surface area contributed by atoms with Crippen molar-refractivity contribution >= 4 is 29.4 Å². The maximum Gasteiger partial charge on any atom is 0.303 e. The van der Waals surface area contributed by atoms with Crippen molar-refractivity contribution in [1.29, 1.82) is 0 Å². The smallest absolute Gasteiger partial charge is 0.303 e. The first-order valence-corrected chi connectivity index (χ1v) is 25.1. The number of aryl methyl sites for hydroxylation is 5. The number of carbonyl (C=O) groups is 5. The van der Waals surface area contributed by atoms with Crippen molar-refractivity contribution in [2.24, 2.45) is 5.92 Å². The summed E-state index contributed by atoms with van der Waals surface area (Å²) >= 11 is 0. The van der Waals surface area contributed by atoms with Gasteiger partial charge in [-0.15, -0.1) is 0 Å². The van der Waals surface area contributed by atoms with Crippen LogP contribution >= 0.6 is 0 Å². The number of carboxylic acids is 2. The van der Waals surface area contributed by atoms with Gasteiger partial charge in [-0.05, 0) is 120 Å². The normalized spacial score (nSPS) is 14.6. The predicted molar refractivity (Wildman–Crippen MR) is 300 cm³/mol. The number of carbonyl (C=O) groups excluding carboxylic acids is 3. The standard InChI is InChI=1S/C31H34N2O4.C31H30N2O4.2CH4/c2*1-20-12-13-28(35)33(19-20)31(23-10-5-4-6-11-23)27(34)15-24(16-29(36)37)25-14-26(18-32-17-25)30-21(2)8-7-9-22(30)3;;/h4-11,14,17-18,20,24,31H,12-13,15-16,19H2,1-3H3,(H,36,37);4-14,17-19,24,31H,15-16H2,1-3H3,(H,36,37);2*1H4/t20?,24-,31+;24-,31+;;/m00../s1. The third-order valence-electron chi connectivity index (χ3n) is 13.9. The Hall–Kier alpha value is -8.12.